The number of carboxylic acid groups (broad SMARTS) is 1. The van der Waals surface area contributed by atoms with Crippen molar-refractivity contribution in [2.45, 2.75) is 25.8 Å². The Morgan fingerprint density at radius 1 is 1.53 bits per heavy atom. The van der Waals surface area contributed by atoms with E-state index in [-0.39, 0.29) is 0 Å². The molecule has 19 heavy (non-hydrogen) atoms. The van der Waals surface area contributed by atoms with Crippen LogP contribution in [0.25, 0.3) is 11.0 Å². The van der Waals surface area contributed by atoms with Gasteiger partial charge < -0.3 is 15.4 Å². The molecule has 2 aromatic rings. The van der Waals surface area contributed by atoms with Crippen molar-refractivity contribution in [3.63, 3.8) is 0 Å². The quantitative estimate of drug-likeness (QED) is 0.760. The Kier molecular flexibility index (Phi) is 3.79. The van der Waals surface area contributed by atoms with Gasteiger partial charge in [-0.1, -0.05) is 13.3 Å². The standard InChI is InChI=1S/C13H15N3O3/c1-2-4-10(13(18)19)16-12(17)9-7-15-11-8(9)5-3-6-14-11/h3,5-7,10H,2,4H2,1H3,(H,14,15)(H,16,17)(H,18,19). The minimum absolute atomic E-state index is 0.403. The maximum atomic E-state index is 12.1. The zero-order valence-corrected chi connectivity index (χ0v) is 10.5. The lowest BCUT2D eigenvalue weighted by atomic mass is 10.1. The second-order valence-electron chi connectivity index (χ2n) is 4.25. The van der Waals surface area contributed by atoms with E-state index in [4.69, 9.17) is 5.11 Å². The number of nitrogens with zero attached hydrogens (tertiary/aromatic N) is 1. The molecule has 0 bridgehead atoms. The molecule has 1 amide bonds. The highest BCUT2D eigenvalue weighted by Gasteiger charge is 2.21. The maximum absolute atomic E-state index is 12.1. The number of H-pyrrole nitrogens is 1. The number of amides is 1. The molecule has 0 saturated carbocycles. The molecule has 6 nitrogen and oxygen atoms in total. The lowest BCUT2D eigenvalue weighted by Crippen LogP contribution is -2.40. The normalized spacial score (nSPS) is 12.3. The Labute approximate surface area is 109 Å². The number of fused-ring (bicyclic) bond motifs is 1. The van der Waals surface area contributed by atoms with Crippen molar-refractivity contribution in [2.75, 3.05) is 0 Å². The number of rotatable bonds is 5. The topological polar surface area (TPSA) is 95.1 Å². The van der Waals surface area contributed by atoms with Gasteiger partial charge in [0.15, 0.2) is 0 Å². The second-order valence-corrected chi connectivity index (χ2v) is 4.25. The first kappa shape index (κ1) is 13.1. The Balaban J connectivity index is 2.22. The third kappa shape index (κ3) is 2.73. The highest BCUT2D eigenvalue weighted by molar-refractivity contribution is 6.06. The van der Waals surface area contributed by atoms with E-state index in [0.29, 0.717) is 29.4 Å². The van der Waals surface area contributed by atoms with Gasteiger partial charge in [-0.3, -0.25) is 4.79 Å². The number of hydrogen-bond donors (Lipinski definition) is 3. The van der Waals surface area contributed by atoms with E-state index in [1.165, 1.54) is 6.20 Å². The summed E-state index contributed by atoms with van der Waals surface area (Å²) in [6.45, 7) is 1.87. The van der Waals surface area contributed by atoms with Crippen LogP contribution in [-0.4, -0.2) is 33.0 Å². The van der Waals surface area contributed by atoms with Crippen LogP contribution in [0, 0.1) is 0 Å². The van der Waals surface area contributed by atoms with Gasteiger partial charge >= 0.3 is 5.97 Å². The molecular formula is C13H15N3O3. The lowest BCUT2D eigenvalue weighted by Gasteiger charge is -2.12. The number of aromatic amines is 1. The molecule has 3 N–H and O–H groups in total. The van der Waals surface area contributed by atoms with E-state index in [1.54, 1.807) is 18.3 Å². The molecule has 0 spiro atoms. The number of carbonyl (C=O) groups excluding carboxylic acids is 1. The summed E-state index contributed by atoms with van der Waals surface area (Å²) in [4.78, 5) is 30.1. The second kappa shape index (κ2) is 5.51. The van der Waals surface area contributed by atoms with Gasteiger partial charge in [0.2, 0.25) is 0 Å². The van der Waals surface area contributed by atoms with Crippen LogP contribution in [0.2, 0.25) is 0 Å². The summed E-state index contributed by atoms with van der Waals surface area (Å²) in [5.41, 5.74) is 1.01. The number of carboxylic acids is 1. The van der Waals surface area contributed by atoms with Crippen molar-refractivity contribution in [1.82, 2.24) is 15.3 Å². The summed E-state index contributed by atoms with van der Waals surface area (Å²) in [5.74, 6) is -1.42. The maximum Gasteiger partial charge on any atom is 0.326 e. The molecule has 2 rings (SSSR count). The van der Waals surface area contributed by atoms with E-state index < -0.39 is 17.9 Å². The smallest absolute Gasteiger partial charge is 0.326 e. The Morgan fingerprint density at radius 2 is 2.32 bits per heavy atom. The first-order valence-corrected chi connectivity index (χ1v) is 6.09. The number of carbonyl (C=O) groups is 2. The number of pyridine rings is 1. The highest BCUT2D eigenvalue weighted by Crippen LogP contribution is 2.15. The van der Waals surface area contributed by atoms with Gasteiger partial charge in [-0.05, 0) is 18.6 Å². The van der Waals surface area contributed by atoms with Crippen LogP contribution >= 0.6 is 0 Å². The molecule has 1 atom stereocenters. The number of nitrogens with one attached hydrogen (secondary N) is 2. The predicted octanol–water partition coefficient (Wildman–Crippen LogP) is 1.55. The summed E-state index contributed by atoms with van der Waals surface area (Å²) in [6.07, 6.45) is 4.25. The zero-order valence-electron chi connectivity index (χ0n) is 10.5. The minimum atomic E-state index is -1.02. The third-order valence-corrected chi connectivity index (χ3v) is 2.88. The van der Waals surface area contributed by atoms with Crippen LogP contribution in [-0.2, 0) is 4.79 Å². The fourth-order valence-corrected chi connectivity index (χ4v) is 1.93. The molecule has 0 aromatic carbocycles. The minimum Gasteiger partial charge on any atom is -0.480 e. The van der Waals surface area contributed by atoms with E-state index in [0.717, 1.165) is 0 Å². The summed E-state index contributed by atoms with van der Waals surface area (Å²) in [6, 6.07) is 2.64. The fraction of sp³-hybridized carbons (Fsp3) is 0.308. The molecule has 0 aliphatic carbocycles. The molecule has 2 heterocycles. The van der Waals surface area contributed by atoms with Crippen molar-refractivity contribution in [3.05, 3.63) is 30.1 Å². The molecule has 1 unspecified atom stereocenters. The molecule has 100 valence electrons. The molecule has 0 radical (unpaired) electrons. The zero-order chi connectivity index (χ0) is 13.8. The Bertz CT molecular complexity index is 606. The van der Waals surface area contributed by atoms with Crippen LogP contribution in [0.15, 0.2) is 24.5 Å². The molecule has 0 aliphatic heterocycles. The van der Waals surface area contributed by atoms with E-state index in [2.05, 4.69) is 15.3 Å². The monoisotopic (exact) mass is 261 g/mol. The van der Waals surface area contributed by atoms with E-state index >= 15 is 0 Å². The average Bonchev–Trinajstić information content (AvgIpc) is 2.81. The number of hydrogen-bond acceptors (Lipinski definition) is 3. The Morgan fingerprint density at radius 3 is 3.00 bits per heavy atom. The number of aromatic nitrogens is 2. The summed E-state index contributed by atoms with van der Waals surface area (Å²) < 4.78 is 0. The van der Waals surface area contributed by atoms with Crippen LogP contribution in [0.4, 0.5) is 0 Å². The number of aliphatic carboxylic acids is 1. The third-order valence-electron chi connectivity index (χ3n) is 2.88. The van der Waals surface area contributed by atoms with Gasteiger partial charge in [0.25, 0.3) is 5.91 Å². The van der Waals surface area contributed by atoms with Crippen LogP contribution < -0.4 is 5.32 Å². The van der Waals surface area contributed by atoms with E-state index in [9.17, 15) is 9.59 Å². The van der Waals surface area contributed by atoms with Gasteiger partial charge in [-0.15, -0.1) is 0 Å². The van der Waals surface area contributed by atoms with Crippen molar-refractivity contribution in [2.24, 2.45) is 0 Å². The van der Waals surface area contributed by atoms with E-state index in [1.807, 2.05) is 6.92 Å². The Hall–Kier alpha value is -2.37. The first-order valence-electron chi connectivity index (χ1n) is 6.09. The van der Waals surface area contributed by atoms with Gasteiger partial charge in [0.1, 0.15) is 11.7 Å². The fourth-order valence-electron chi connectivity index (χ4n) is 1.93. The molecule has 0 aliphatic rings. The van der Waals surface area contributed by atoms with Crippen LogP contribution in [0.3, 0.4) is 0 Å². The van der Waals surface area contributed by atoms with Crippen molar-refractivity contribution >= 4 is 22.9 Å². The predicted molar refractivity (Wildman–Crippen MR) is 69.9 cm³/mol. The largest absolute Gasteiger partial charge is 0.480 e. The van der Waals surface area contributed by atoms with Crippen molar-refractivity contribution in [3.8, 4) is 0 Å². The van der Waals surface area contributed by atoms with Crippen molar-refractivity contribution in [1.29, 1.82) is 0 Å². The average molecular weight is 261 g/mol. The SMILES string of the molecule is CCCC(NC(=O)c1c[nH]c2ncccc12)C(=O)O. The van der Waals surface area contributed by atoms with Gasteiger partial charge in [-0.2, -0.15) is 0 Å². The summed E-state index contributed by atoms with van der Waals surface area (Å²) in [5, 5.41) is 12.2. The summed E-state index contributed by atoms with van der Waals surface area (Å²) >= 11 is 0. The van der Waals surface area contributed by atoms with Gasteiger partial charge in [-0.25, -0.2) is 9.78 Å². The van der Waals surface area contributed by atoms with Crippen LogP contribution in [0.1, 0.15) is 30.1 Å². The molecular weight excluding hydrogens is 246 g/mol. The van der Waals surface area contributed by atoms with Gasteiger partial charge in [0, 0.05) is 17.8 Å². The molecule has 0 saturated heterocycles. The molecule has 2 aromatic heterocycles. The molecule has 0 fully saturated rings. The van der Waals surface area contributed by atoms with Gasteiger partial charge in [0.05, 0.1) is 5.56 Å². The first-order chi connectivity index (χ1) is 9.13. The van der Waals surface area contributed by atoms with Crippen molar-refractivity contribution < 1.29 is 14.7 Å². The lowest BCUT2D eigenvalue weighted by molar-refractivity contribution is -0.139. The van der Waals surface area contributed by atoms with Crippen LogP contribution in [0.5, 0.6) is 0 Å². The highest BCUT2D eigenvalue weighted by atomic mass is 16.4. The molecule has 6 heteroatoms. The summed E-state index contributed by atoms with van der Waals surface area (Å²) in [7, 11) is 0.